The van der Waals surface area contributed by atoms with Crippen molar-refractivity contribution in [1.82, 2.24) is 0 Å². The van der Waals surface area contributed by atoms with Gasteiger partial charge in [0.1, 0.15) is 0 Å². The van der Waals surface area contributed by atoms with Gasteiger partial charge in [0.25, 0.3) is 0 Å². The minimum Gasteiger partial charge on any atom is -0.372 e. The Morgan fingerprint density at radius 2 is 1.40 bits per heavy atom. The molecule has 0 radical (unpaired) electrons. The minimum atomic E-state index is 0.0740. The molecule has 0 saturated heterocycles. The molecule has 1 heterocycles. The molecule has 0 bridgehead atoms. The highest BCUT2D eigenvalue weighted by molar-refractivity contribution is 7.16. The third kappa shape index (κ3) is 6.39. The Hall–Kier alpha value is -2.83. The van der Waals surface area contributed by atoms with Crippen LogP contribution >= 0.6 is 11.3 Å². The van der Waals surface area contributed by atoms with E-state index in [4.69, 9.17) is 6.57 Å². The summed E-state index contributed by atoms with van der Waals surface area (Å²) in [6, 6.07) is 19.1. The zero-order chi connectivity index (χ0) is 28.5. The molecule has 0 aliphatic heterocycles. The first kappa shape index (κ1) is 30.1. The number of nitrogens with zero attached hydrogens (tertiary/aromatic N) is 2. The molecule has 0 unspecified atom stereocenters. The van der Waals surface area contributed by atoms with Crippen molar-refractivity contribution >= 4 is 23.1 Å². The van der Waals surface area contributed by atoms with E-state index >= 15 is 0 Å². The number of unbranched alkanes of at least 4 members (excludes halogenated alkanes) is 4. The Balaban J connectivity index is 1.83. The van der Waals surface area contributed by atoms with Crippen LogP contribution in [-0.4, -0.2) is 13.1 Å². The average Bonchev–Trinajstić information content (AvgIpc) is 3.55. The fourth-order valence-corrected chi connectivity index (χ4v) is 7.35. The normalized spacial score (nSPS) is 13.7. The predicted molar refractivity (Wildman–Crippen MR) is 177 cm³/mol. The fraction of sp³-hybridized carbons (Fsp3) is 0.486. The first-order chi connectivity index (χ1) is 19.5. The van der Waals surface area contributed by atoms with Crippen LogP contribution in [0.2, 0.25) is 0 Å². The molecule has 0 atom stereocenters. The second kappa shape index (κ2) is 14.2. The van der Waals surface area contributed by atoms with Gasteiger partial charge in [-0.3, -0.25) is 0 Å². The molecular weight excluding hydrogens is 504 g/mol. The fourth-order valence-electron chi connectivity index (χ4n) is 6.35. The quantitative estimate of drug-likeness (QED) is 0.170. The first-order valence-corrected chi connectivity index (χ1v) is 16.5. The highest BCUT2D eigenvalue weighted by atomic mass is 32.1. The van der Waals surface area contributed by atoms with E-state index in [1.54, 1.807) is 16.9 Å². The van der Waals surface area contributed by atoms with E-state index in [0.29, 0.717) is 0 Å². The van der Waals surface area contributed by atoms with Gasteiger partial charge in [0.05, 0.1) is 6.57 Å². The van der Waals surface area contributed by atoms with Gasteiger partial charge in [-0.05, 0) is 96.8 Å². The Labute approximate surface area is 248 Å². The van der Waals surface area contributed by atoms with E-state index in [1.165, 1.54) is 97.0 Å². The van der Waals surface area contributed by atoms with Crippen LogP contribution in [-0.2, 0) is 5.41 Å². The van der Waals surface area contributed by atoms with E-state index in [9.17, 15) is 0 Å². The van der Waals surface area contributed by atoms with Crippen LogP contribution < -0.4 is 4.90 Å². The average molecular weight is 553 g/mol. The predicted octanol–water partition coefficient (Wildman–Crippen LogP) is 11.7. The lowest BCUT2D eigenvalue weighted by molar-refractivity contribution is 0.414. The summed E-state index contributed by atoms with van der Waals surface area (Å²) in [5.74, 6) is 0. The molecule has 0 N–H and O–H groups in total. The molecule has 0 saturated carbocycles. The van der Waals surface area contributed by atoms with Crippen molar-refractivity contribution in [2.75, 3.05) is 18.0 Å². The van der Waals surface area contributed by atoms with E-state index in [0.717, 1.165) is 23.7 Å². The Bertz CT molecular complexity index is 1320. The van der Waals surface area contributed by atoms with Crippen LogP contribution in [0.1, 0.15) is 115 Å². The lowest BCUT2D eigenvalue weighted by Gasteiger charge is -2.34. The highest BCUT2D eigenvalue weighted by Crippen LogP contribution is 2.55. The van der Waals surface area contributed by atoms with Gasteiger partial charge < -0.3 is 4.90 Å². The Morgan fingerprint density at radius 1 is 0.800 bits per heavy atom. The first-order valence-electron chi connectivity index (χ1n) is 15.7. The van der Waals surface area contributed by atoms with Crippen molar-refractivity contribution in [3.8, 4) is 21.6 Å². The smallest absolute Gasteiger partial charge is 0.163 e. The summed E-state index contributed by atoms with van der Waals surface area (Å²) < 4.78 is 0. The number of allylic oxidation sites excluding steroid dienone is 1. The molecule has 1 aliphatic rings. The molecule has 40 heavy (non-hydrogen) atoms. The van der Waals surface area contributed by atoms with Gasteiger partial charge in [-0.1, -0.05) is 84.4 Å². The summed E-state index contributed by atoms with van der Waals surface area (Å²) in [5, 5.41) is 0. The van der Waals surface area contributed by atoms with E-state index in [2.05, 4.69) is 86.0 Å². The summed E-state index contributed by atoms with van der Waals surface area (Å²) in [7, 11) is 0. The van der Waals surface area contributed by atoms with Crippen molar-refractivity contribution in [3.63, 3.8) is 0 Å². The van der Waals surface area contributed by atoms with Crippen molar-refractivity contribution in [3.05, 3.63) is 81.6 Å². The SMILES string of the molecule is [C-]#[N+]/C(C)=C\c1ccc(-c2ccc3c(c2)C(CCCC)(CCCC)c2cc(N(CCCC)CCCC)ccc2-3)s1. The molecule has 0 spiro atoms. The maximum atomic E-state index is 7.30. The number of thiophene rings is 1. The molecule has 0 amide bonds. The number of benzene rings is 2. The number of hydrogen-bond donors (Lipinski definition) is 0. The van der Waals surface area contributed by atoms with Crippen LogP contribution in [0, 0.1) is 6.57 Å². The molecule has 1 aliphatic carbocycles. The van der Waals surface area contributed by atoms with Crippen LogP contribution in [0.3, 0.4) is 0 Å². The molecule has 1 aromatic heterocycles. The number of rotatable bonds is 15. The van der Waals surface area contributed by atoms with E-state index < -0.39 is 0 Å². The lowest BCUT2D eigenvalue weighted by Crippen LogP contribution is -2.28. The lowest BCUT2D eigenvalue weighted by atomic mass is 9.70. The van der Waals surface area contributed by atoms with Crippen molar-refractivity contribution < 1.29 is 0 Å². The topological polar surface area (TPSA) is 7.60 Å². The third-order valence-corrected chi connectivity index (χ3v) is 9.71. The summed E-state index contributed by atoms with van der Waals surface area (Å²) in [5.41, 5.74) is 9.52. The van der Waals surface area contributed by atoms with Crippen LogP contribution in [0.5, 0.6) is 0 Å². The van der Waals surface area contributed by atoms with Gasteiger partial charge in [-0.2, -0.15) is 0 Å². The molecule has 2 nitrogen and oxygen atoms in total. The number of fused-ring (bicyclic) bond motifs is 3. The van der Waals surface area contributed by atoms with Gasteiger partial charge in [-0.15, -0.1) is 11.3 Å². The second-order valence-corrected chi connectivity index (χ2v) is 12.7. The second-order valence-electron chi connectivity index (χ2n) is 11.6. The van der Waals surface area contributed by atoms with Crippen LogP contribution in [0.15, 0.2) is 54.2 Å². The molecule has 0 fully saturated rings. The standard InChI is InChI=1S/C37H48N2S/c1-7-11-21-37(22-12-8-2)34-26-29(36-20-17-31(40-36)25-28(5)38-6)15-18-32(34)33-19-16-30(27-35(33)37)39(23-13-9-3)24-14-10-4/h15-20,25-27H,7-14,21-24H2,1-5H3/b28-25-. The zero-order valence-corrected chi connectivity index (χ0v) is 26.3. The molecule has 2 aromatic carbocycles. The van der Waals surface area contributed by atoms with Crippen LogP contribution in [0.4, 0.5) is 5.69 Å². The zero-order valence-electron chi connectivity index (χ0n) is 25.5. The summed E-state index contributed by atoms with van der Waals surface area (Å²) in [6.07, 6.45) is 14.3. The summed E-state index contributed by atoms with van der Waals surface area (Å²) >= 11 is 1.79. The number of anilines is 1. The molecule has 3 heteroatoms. The maximum absolute atomic E-state index is 7.30. The van der Waals surface area contributed by atoms with Gasteiger partial charge in [0.2, 0.25) is 0 Å². The van der Waals surface area contributed by atoms with Crippen molar-refractivity contribution in [2.24, 2.45) is 0 Å². The third-order valence-electron chi connectivity index (χ3n) is 8.63. The Kier molecular flexibility index (Phi) is 10.7. The van der Waals surface area contributed by atoms with Crippen molar-refractivity contribution in [2.45, 2.75) is 104 Å². The summed E-state index contributed by atoms with van der Waals surface area (Å²) in [6.45, 7) is 20.7. The monoisotopic (exact) mass is 552 g/mol. The molecule has 4 rings (SSSR count). The van der Waals surface area contributed by atoms with Gasteiger partial charge in [0, 0.05) is 33.9 Å². The maximum Gasteiger partial charge on any atom is 0.163 e. The van der Waals surface area contributed by atoms with Gasteiger partial charge >= 0.3 is 0 Å². The van der Waals surface area contributed by atoms with Gasteiger partial charge in [0.15, 0.2) is 5.70 Å². The number of hydrogen-bond acceptors (Lipinski definition) is 2. The largest absolute Gasteiger partial charge is 0.372 e. The van der Waals surface area contributed by atoms with E-state index in [1.807, 2.05) is 13.0 Å². The molecule has 3 aromatic rings. The molecule has 212 valence electrons. The van der Waals surface area contributed by atoms with Gasteiger partial charge in [-0.25, -0.2) is 4.85 Å². The highest BCUT2D eigenvalue weighted by Gasteiger charge is 2.42. The minimum absolute atomic E-state index is 0.0740. The Morgan fingerprint density at radius 3 is 2.00 bits per heavy atom. The van der Waals surface area contributed by atoms with E-state index in [-0.39, 0.29) is 5.41 Å². The van der Waals surface area contributed by atoms with Crippen LogP contribution in [0.25, 0.3) is 32.5 Å². The molecular formula is C37H48N2S. The summed E-state index contributed by atoms with van der Waals surface area (Å²) in [4.78, 5) is 8.67. The van der Waals surface area contributed by atoms with Crippen molar-refractivity contribution in [1.29, 1.82) is 0 Å².